The molecule has 22 heavy (non-hydrogen) atoms. The summed E-state index contributed by atoms with van der Waals surface area (Å²) in [7, 11) is 0. The smallest absolute Gasteiger partial charge is 0.255 e. The third-order valence-electron chi connectivity index (χ3n) is 3.71. The highest BCUT2D eigenvalue weighted by Gasteiger charge is 2.14. The number of nitrogen functional groups attached to an aromatic ring is 1. The molecule has 0 aromatic carbocycles. The van der Waals surface area contributed by atoms with Gasteiger partial charge in [0.05, 0.1) is 24.3 Å². The zero-order valence-corrected chi connectivity index (χ0v) is 12.3. The molecule has 2 aromatic rings. The molecule has 1 saturated heterocycles. The van der Waals surface area contributed by atoms with Crippen molar-refractivity contribution in [3.8, 4) is 0 Å². The zero-order valence-electron chi connectivity index (χ0n) is 12.3. The molecule has 0 bridgehead atoms. The van der Waals surface area contributed by atoms with Crippen molar-refractivity contribution in [3.05, 3.63) is 30.1 Å². The van der Waals surface area contributed by atoms with Gasteiger partial charge in [-0.2, -0.15) is 0 Å². The van der Waals surface area contributed by atoms with Crippen LogP contribution < -0.4 is 11.1 Å². The van der Waals surface area contributed by atoms with E-state index in [9.17, 15) is 4.79 Å². The van der Waals surface area contributed by atoms with Crippen LogP contribution in [0.3, 0.4) is 0 Å². The predicted molar refractivity (Wildman–Crippen MR) is 83.5 cm³/mol. The molecule has 7 heteroatoms. The number of hydrogen-bond acceptors (Lipinski definition) is 6. The molecule has 0 atom stereocenters. The molecule has 0 unspecified atom stereocenters. The highest BCUT2D eigenvalue weighted by molar-refractivity contribution is 6.01. The fraction of sp³-hybridized carbons (Fsp3) is 0.400. The summed E-state index contributed by atoms with van der Waals surface area (Å²) >= 11 is 0. The Morgan fingerprint density at radius 3 is 3.05 bits per heavy atom. The fourth-order valence-corrected chi connectivity index (χ4v) is 2.46. The number of aromatic nitrogens is 2. The van der Waals surface area contributed by atoms with Crippen molar-refractivity contribution in [3.63, 3.8) is 0 Å². The number of rotatable bonds is 4. The number of nitrogens with zero attached hydrogens (tertiary/aromatic N) is 3. The van der Waals surface area contributed by atoms with Gasteiger partial charge in [-0.3, -0.25) is 14.7 Å². The second kappa shape index (κ2) is 6.67. The van der Waals surface area contributed by atoms with Gasteiger partial charge < -0.3 is 15.8 Å². The van der Waals surface area contributed by atoms with E-state index in [1.54, 1.807) is 24.5 Å². The van der Waals surface area contributed by atoms with Crippen LogP contribution in [0.2, 0.25) is 0 Å². The standard InChI is InChI=1S/C15H19N5O2/c16-14-12(9-11-10-17-2-1-13(11)19-14)15(21)18-3-4-20-5-7-22-8-6-20/h1-2,9-10H,3-8H2,(H2,16,19)(H,18,21). The summed E-state index contributed by atoms with van der Waals surface area (Å²) in [6, 6.07) is 3.50. The van der Waals surface area contributed by atoms with Crippen molar-refractivity contribution >= 4 is 22.6 Å². The molecule has 0 aliphatic carbocycles. The second-order valence-electron chi connectivity index (χ2n) is 5.20. The van der Waals surface area contributed by atoms with Crippen LogP contribution in [0.1, 0.15) is 10.4 Å². The van der Waals surface area contributed by atoms with Crippen LogP contribution in [-0.4, -0.2) is 60.2 Å². The first-order valence-electron chi connectivity index (χ1n) is 7.32. The molecule has 0 radical (unpaired) electrons. The van der Waals surface area contributed by atoms with Gasteiger partial charge in [-0.05, 0) is 12.1 Å². The molecular formula is C15H19N5O2. The molecule has 1 aliphatic heterocycles. The number of fused-ring (bicyclic) bond motifs is 1. The molecule has 2 aromatic heterocycles. The number of amides is 1. The van der Waals surface area contributed by atoms with Gasteiger partial charge in [0.25, 0.3) is 5.91 Å². The maximum absolute atomic E-state index is 12.3. The molecule has 7 nitrogen and oxygen atoms in total. The SMILES string of the molecule is Nc1nc2ccncc2cc1C(=O)NCCN1CCOCC1. The summed E-state index contributed by atoms with van der Waals surface area (Å²) < 4.78 is 5.29. The van der Waals surface area contributed by atoms with E-state index >= 15 is 0 Å². The van der Waals surface area contributed by atoms with Gasteiger partial charge in [0, 0.05) is 44.0 Å². The van der Waals surface area contributed by atoms with E-state index in [1.165, 1.54) is 0 Å². The molecule has 1 aliphatic rings. The molecule has 3 heterocycles. The lowest BCUT2D eigenvalue weighted by Crippen LogP contribution is -2.41. The Kier molecular flexibility index (Phi) is 4.45. The Labute approximate surface area is 128 Å². The van der Waals surface area contributed by atoms with Crippen LogP contribution in [0.5, 0.6) is 0 Å². The Bertz CT molecular complexity index is 670. The van der Waals surface area contributed by atoms with E-state index in [1.807, 2.05) is 0 Å². The Morgan fingerprint density at radius 1 is 1.41 bits per heavy atom. The van der Waals surface area contributed by atoms with Gasteiger partial charge in [-0.15, -0.1) is 0 Å². The number of nitrogens with two attached hydrogens (primary N) is 1. The second-order valence-corrected chi connectivity index (χ2v) is 5.20. The van der Waals surface area contributed by atoms with Crippen molar-refractivity contribution in [1.29, 1.82) is 0 Å². The molecule has 116 valence electrons. The van der Waals surface area contributed by atoms with Gasteiger partial charge in [0.2, 0.25) is 0 Å². The monoisotopic (exact) mass is 301 g/mol. The maximum Gasteiger partial charge on any atom is 0.255 e. The summed E-state index contributed by atoms with van der Waals surface area (Å²) in [5.41, 5.74) is 7.01. The molecule has 0 spiro atoms. The van der Waals surface area contributed by atoms with E-state index < -0.39 is 0 Å². The molecule has 0 saturated carbocycles. The van der Waals surface area contributed by atoms with Crippen molar-refractivity contribution in [1.82, 2.24) is 20.2 Å². The van der Waals surface area contributed by atoms with E-state index in [2.05, 4.69) is 20.2 Å². The summed E-state index contributed by atoms with van der Waals surface area (Å²) in [6.07, 6.45) is 3.32. The Balaban J connectivity index is 1.63. The largest absolute Gasteiger partial charge is 0.383 e. The summed E-state index contributed by atoms with van der Waals surface area (Å²) in [5.74, 6) is 0.0339. The molecular weight excluding hydrogens is 282 g/mol. The van der Waals surface area contributed by atoms with Crippen molar-refractivity contribution in [2.45, 2.75) is 0 Å². The topological polar surface area (TPSA) is 93.4 Å². The van der Waals surface area contributed by atoms with Crippen LogP contribution in [0.15, 0.2) is 24.5 Å². The fourth-order valence-electron chi connectivity index (χ4n) is 2.46. The third-order valence-corrected chi connectivity index (χ3v) is 3.71. The van der Waals surface area contributed by atoms with Gasteiger partial charge in [-0.1, -0.05) is 0 Å². The van der Waals surface area contributed by atoms with Gasteiger partial charge in [0.15, 0.2) is 0 Å². The molecule has 3 rings (SSSR count). The number of nitrogens with one attached hydrogen (secondary N) is 1. The minimum atomic E-state index is -0.205. The lowest BCUT2D eigenvalue weighted by Gasteiger charge is -2.26. The van der Waals surface area contributed by atoms with E-state index in [0.717, 1.165) is 43.8 Å². The molecule has 1 fully saturated rings. The minimum absolute atomic E-state index is 0.205. The van der Waals surface area contributed by atoms with Gasteiger partial charge in [-0.25, -0.2) is 4.98 Å². The number of carbonyl (C=O) groups excluding carboxylic acids is 1. The summed E-state index contributed by atoms with van der Waals surface area (Å²) in [4.78, 5) is 22.8. The highest BCUT2D eigenvalue weighted by Crippen LogP contribution is 2.17. The van der Waals surface area contributed by atoms with Crippen molar-refractivity contribution in [2.75, 3.05) is 45.1 Å². The number of pyridine rings is 2. The van der Waals surface area contributed by atoms with Crippen molar-refractivity contribution in [2.24, 2.45) is 0 Å². The normalized spacial score (nSPS) is 15.8. The van der Waals surface area contributed by atoms with Crippen LogP contribution >= 0.6 is 0 Å². The van der Waals surface area contributed by atoms with E-state index in [4.69, 9.17) is 10.5 Å². The van der Waals surface area contributed by atoms with Crippen molar-refractivity contribution < 1.29 is 9.53 Å². The van der Waals surface area contributed by atoms with Crippen LogP contribution in [0, 0.1) is 0 Å². The summed E-state index contributed by atoms with van der Waals surface area (Å²) in [5, 5.41) is 3.69. The lowest BCUT2D eigenvalue weighted by molar-refractivity contribution is 0.0383. The number of hydrogen-bond donors (Lipinski definition) is 2. The van der Waals surface area contributed by atoms with Crippen LogP contribution in [0.25, 0.3) is 10.9 Å². The van der Waals surface area contributed by atoms with E-state index in [0.29, 0.717) is 12.1 Å². The summed E-state index contributed by atoms with van der Waals surface area (Å²) in [6.45, 7) is 4.69. The first kappa shape index (κ1) is 14.7. The molecule has 3 N–H and O–H groups in total. The van der Waals surface area contributed by atoms with E-state index in [-0.39, 0.29) is 11.7 Å². The third kappa shape index (κ3) is 3.32. The molecule has 1 amide bonds. The Hall–Kier alpha value is -2.25. The number of anilines is 1. The van der Waals surface area contributed by atoms with Gasteiger partial charge >= 0.3 is 0 Å². The first-order valence-corrected chi connectivity index (χ1v) is 7.32. The maximum atomic E-state index is 12.3. The van der Waals surface area contributed by atoms with Crippen LogP contribution in [-0.2, 0) is 4.74 Å². The number of ether oxygens (including phenoxy) is 1. The average molecular weight is 301 g/mol. The van der Waals surface area contributed by atoms with Crippen LogP contribution in [0.4, 0.5) is 5.82 Å². The average Bonchev–Trinajstić information content (AvgIpc) is 2.55. The number of morpholine rings is 1. The first-order chi connectivity index (χ1) is 10.7. The Morgan fingerprint density at radius 2 is 2.23 bits per heavy atom. The lowest BCUT2D eigenvalue weighted by atomic mass is 10.1. The highest BCUT2D eigenvalue weighted by atomic mass is 16.5. The number of carbonyl (C=O) groups is 1. The van der Waals surface area contributed by atoms with Gasteiger partial charge in [0.1, 0.15) is 5.82 Å². The quantitative estimate of drug-likeness (QED) is 0.842. The minimum Gasteiger partial charge on any atom is -0.383 e. The zero-order chi connectivity index (χ0) is 15.4. The predicted octanol–water partition coefficient (Wildman–Crippen LogP) is 0.274.